The minimum atomic E-state index is -0.0933. The average molecular weight is 525 g/mol. The van der Waals surface area contributed by atoms with Crippen molar-refractivity contribution >= 4 is 53.1 Å². The molecule has 9 heteroatoms. The first-order valence-electron chi connectivity index (χ1n) is 9.18. The van der Waals surface area contributed by atoms with Crippen molar-refractivity contribution in [1.82, 2.24) is 10.6 Å². The van der Waals surface area contributed by atoms with E-state index in [0.717, 1.165) is 24.3 Å². The first kappa shape index (κ1) is 24.9. The molecule has 1 aromatic rings. The van der Waals surface area contributed by atoms with Crippen LogP contribution in [0.25, 0.3) is 0 Å². The lowest BCUT2D eigenvalue weighted by Crippen LogP contribution is -2.45. The van der Waals surface area contributed by atoms with Crippen LogP contribution >= 0.6 is 35.6 Å². The van der Waals surface area contributed by atoms with Crippen LogP contribution in [0.3, 0.4) is 0 Å². The second kappa shape index (κ2) is 12.5. The van der Waals surface area contributed by atoms with E-state index in [9.17, 15) is 9.90 Å². The number of anilines is 1. The Kier molecular flexibility index (Phi) is 11.1. The smallest absolute Gasteiger partial charge is 0.226 e. The molecule has 0 aliphatic carbocycles. The maximum absolute atomic E-state index is 12.2. The van der Waals surface area contributed by atoms with E-state index in [1.165, 1.54) is 0 Å². The highest BCUT2D eigenvalue weighted by atomic mass is 127. The summed E-state index contributed by atoms with van der Waals surface area (Å²) in [6.07, 6.45) is 1.91. The van der Waals surface area contributed by atoms with Crippen molar-refractivity contribution in [2.45, 2.75) is 26.2 Å². The van der Waals surface area contributed by atoms with Gasteiger partial charge in [-0.05, 0) is 37.5 Å². The van der Waals surface area contributed by atoms with Gasteiger partial charge in [-0.2, -0.15) is 0 Å². The summed E-state index contributed by atoms with van der Waals surface area (Å²) in [6, 6.07) is 5.43. The Morgan fingerprint density at radius 2 is 2.18 bits per heavy atom. The molecule has 1 heterocycles. The molecule has 1 amide bonds. The van der Waals surface area contributed by atoms with Gasteiger partial charge in [-0.1, -0.05) is 17.7 Å². The molecule has 1 atom stereocenters. The lowest BCUT2D eigenvalue weighted by Gasteiger charge is -2.27. The van der Waals surface area contributed by atoms with Crippen molar-refractivity contribution in [3.8, 4) is 0 Å². The lowest BCUT2D eigenvalue weighted by molar-refractivity contribution is -0.116. The van der Waals surface area contributed by atoms with Gasteiger partial charge in [-0.3, -0.25) is 9.79 Å². The van der Waals surface area contributed by atoms with Crippen LogP contribution in [0.5, 0.6) is 0 Å². The molecule has 1 aliphatic heterocycles. The maximum Gasteiger partial charge on any atom is 0.226 e. The molecule has 0 saturated carbocycles. The highest BCUT2D eigenvalue weighted by Crippen LogP contribution is 2.31. The van der Waals surface area contributed by atoms with E-state index in [-0.39, 0.29) is 41.9 Å². The van der Waals surface area contributed by atoms with E-state index < -0.39 is 0 Å². The van der Waals surface area contributed by atoms with Crippen molar-refractivity contribution in [3.05, 3.63) is 28.8 Å². The quantitative estimate of drug-likeness (QED) is 0.238. The molecule has 158 valence electrons. The minimum Gasteiger partial charge on any atom is -0.396 e. The number of ether oxygens (including phenoxy) is 1. The molecule has 1 fully saturated rings. The summed E-state index contributed by atoms with van der Waals surface area (Å²) in [4.78, 5) is 16.3. The number of hydrogen-bond acceptors (Lipinski definition) is 4. The number of aliphatic imine (C=N–C) groups is 1. The van der Waals surface area contributed by atoms with Crippen LogP contribution in [-0.4, -0.2) is 56.9 Å². The number of guanidine groups is 1. The summed E-state index contributed by atoms with van der Waals surface area (Å²) in [5.74, 6) is 0.537. The van der Waals surface area contributed by atoms with Gasteiger partial charge in [0.25, 0.3) is 0 Å². The van der Waals surface area contributed by atoms with E-state index in [4.69, 9.17) is 16.3 Å². The number of halogens is 2. The first-order chi connectivity index (χ1) is 13.0. The minimum absolute atomic E-state index is 0. The second-order valence-electron chi connectivity index (χ2n) is 6.84. The standard InChI is InChI=1S/C19H29ClN4O3.HI/c1-14-15(20)4-3-5-16(14)24-17(26)6-9-22-18(21-2)23-12-19(7-10-25)8-11-27-13-19;/h3-5,25H,6-13H2,1-2H3,(H,24,26)(H2,21,22,23);1H. The first-order valence-corrected chi connectivity index (χ1v) is 9.55. The molecule has 0 bridgehead atoms. The molecule has 1 saturated heterocycles. The molecule has 0 radical (unpaired) electrons. The van der Waals surface area contributed by atoms with Gasteiger partial charge >= 0.3 is 0 Å². The van der Waals surface area contributed by atoms with Crippen LogP contribution in [-0.2, 0) is 9.53 Å². The molecule has 1 aliphatic rings. The maximum atomic E-state index is 12.2. The summed E-state index contributed by atoms with van der Waals surface area (Å²) in [7, 11) is 1.69. The fourth-order valence-corrected chi connectivity index (χ4v) is 3.23. The van der Waals surface area contributed by atoms with Crippen LogP contribution in [0.1, 0.15) is 24.8 Å². The van der Waals surface area contributed by atoms with Crippen molar-refractivity contribution < 1.29 is 14.6 Å². The molecule has 0 spiro atoms. The summed E-state index contributed by atoms with van der Waals surface area (Å²) in [5.41, 5.74) is 1.52. The van der Waals surface area contributed by atoms with Gasteiger partial charge in [0.1, 0.15) is 0 Å². The highest BCUT2D eigenvalue weighted by molar-refractivity contribution is 14.0. The van der Waals surface area contributed by atoms with Crippen LogP contribution in [0.15, 0.2) is 23.2 Å². The van der Waals surface area contributed by atoms with Crippen molar-refractivity contribution in [1.29, 1.82) is 0 Å². The zero-order valence-corrected chi connectivity index (χ0v) is 19.5. The molecular weight excluding hydrogens is 495 g/mol. The van der Waals surface area contributed by atoms with E-state index in [0.29, 0.717) is 43.5 Å². The third-order valence-electron chi connectivity index (χ3n) is 4.87. The summed E-state index contributed by atoms with van der Waals surface area (Å²) < 4.78 is 5.49. The number of carbonyl (C=O) groups excluding carboxylic acids is 1. The number of rotatable bonds is 8. The Morgan fingerprint density at radius 1 is 1.39 bits per heavy atom. The molecule has 2 rings (SSSR count). The largest absolute Gasteiger partial charge is 0.396 e. The highest BCUT2D eigenvalue weighted by Gasteiger charge is 2.34. The van der Waals surface area contributed by atoms with E-state index in [2.05, 4.69) is 20.9 Å². The normalized spacial score (nSPS) is 19.1. The number of amides is 1. The molecular formula is C19H30ClIN4O3. The number of nitrogens with one attached hydrogen (secondary N) is 3. The summed E-state index contributed by atoms with van der Waals surface area (Å²) >= 11 is 6.07. The van der Waals surface area contributed by atoms with Crippen LogP contribution in [0.2, 0.25) is 5.02 Å². The molecule has 4 N–H and O–H groups in total. The number of benzene rings is 1. The Bertz CT molecular complexity index is 667. The molecule has 0 aromatic heterocycles. The van der Waals surface area contributed by atoms with Gasteiger partial charge in [0.15, 0.2) is 5.96 Å². The second-order valence-corrected chi connectivity index (χ2v) is 7.25. The fourth-order valence-electron chi connectivity index (χ4n) is 3.05. The van der Waals surface area contributed by atoms with Crippen molar-refractivity contribution in [2.75, 3.05) is 45.3 Å². The number of aliphatic hydroxyl groups excluding tert-OH is 1. The van der Waals surface area contributed by atoms with E-state index in [1.54, 1.807) is 13.1 Å². The molecule has 7 nitrogen and oxygen atoms in total. The third kappa shape index (κ3) is 7.38. The third-order valence-corrected chi connectivity index (χ3v) is 5.28. The Hall–Kier alpha value is -1.10. The Labute approximate surface area is 188 Å². The van der Waals surface area contributed by atoms with Crippen LogP contribution in [0, 0.1) is 12.3 Å². The molecule has 1 aromatic carbocycles. The predicted octanol–water partition coefficient (Wildman–Crippen LogP) is 2.55. The number of nitrogens with zero attached hydrogens (tertiary/aromatic N) is 1. The Balaban J connectivity index is 0.00000392. The Morgan fingerprint density at radius 3 is 2.82 bits per heavy atom. The van der Waals surface area contributed by atoms with Crippen LogP contribution in [0.4, 0.5) is 5.69 Å². The fraction of sp³-hybridized carbons (Fsp3) is 0.579. The van der Waals surface area contributed by atoms with Gasteiger partial charge in [0, 0.05) is 55.9 Å². The predicted molar refractivity (Wildman–Crippen MR) is 124 cm³/mol. The van der Waals surface area contributed by atoms with Gasteiger partial charge in [0.2, 0.25) is 5.91 Å². The monoisotopic (exact) mass is 524 g/mol. The van der Waals surface area contributed by atoms with E-state index in [1.807, 2.05) is 19.1 Å². The summed E-state index contributed by atoms with van der Waals surface area (Å²) in [6.45, 7) is 4.49. The number of hydrogen-bond donors (Lipinski definition) is 4. The molecule has 28 heavy (non-hydrogen) atoms. The van der Waals surface area contributed by atoms with Crippen molar-refractivity contribution in [3.63, 3.8) is 0 Å². The van der Waals surface area contributed by atoms with Gasteiger partial charge in [-0.15, -0.1) is 24.0 Å². The number of aliphatic hydroxyl groups is 1. The lowest BCUT2D eigenvalue weighted by atomic mass is 9.84. The van der Waals surface area contributed by atoms with Gasteiger partial charge in [-0.25, -0.2) is 0 Å². The SMILES string of the molecule is CN=C(NCCC(=O)Nc1cccc(Cl)c1C)NCC1(CCO)CCOC1.I. The zero-order valence-electron chi connectivity index (χ0n) is 16.4. The average Bonchev–Trinajstić information content (AvgIpc) is 3.11. The molecule has 1 unspecified atom stereocenters. The van der Waals surface area contributed by atoms with Gasteiger partial charge in [0.05, 0.1) is 6.61 Å². The summed E-state index contributed by atoms with van der Waals surface area (Å²) in [5, 5.41) is 19.2. The topological polar surface area (TPSA) is 95.0 Å². The number of carbonyl (C=O) groups is 1. The van der Waals surface area contributed by atoms with Gasteiger partial charge < -0.3 is 25.8 Å². The van der Waals surface area contributed by atoms with Crippen LogP contribution < -0.4 is 16.0 Å². The zero-order chi connectivity index (χ0) is 19.7. The van der Waals surface area contributed by atoms with E-state index >= 15 is 0 Å². The van der Waals surface area contributed by atoms with Crippen molar-refractivity contribution in [2.24, 2.45) is 10.4 Å².